The Morgan fingerprint density at radius 3 is 2.80 bits per heavy atom. The van der Waals surface area contributed by atoms with Crippen LogP contribution in [0.3, 0.4) is 0 Å². The molecule has 1 unspecified atom stereocenters. The number of amides is 1. The first-order valence-corrected chi connectivity index (χ1v) is 6.93. The van der Waals surface area contributed by atoms with Gasteiger partial charge in [-0.15, -0.1) is 0 Å². The van der Waals surface area contributed by atoms with E-state index in [0.29, 0.717) is 11.3 Å². The number of hydrogen-bond donors (Lipinski definition) is 1. The molecule has 1 heterocycles. The highest BCUT2D eigenvalue weighted by Gasteiger charge is 2.20. The van der Waals surface area contributed by atoms with Gasteiger partial charge in [0.25, 0.3) is 5.91 Å². The van der Waals surface area contributed by atoms with Gasteiger partial charge in [-0.3, -0.25) is 4.79 Å². The fourth-order valence-electron chi connectivity index (χ4n) is 2.56. The van der Waals surface area contributed by atoms with E-state index in [1.54, 1.807) is 31.1 Å². The van der Waals surface area contributed by atoms with Gasteiger partial charge in [-0.05, 0) is 44.6 Å². The van der Waals surface area contributed by atoms with Crippen LogP contribution in [0.15, 0.2) is 18.2 Å². The van der Waals surface area contributed by atoms with Gasteiger partial charge in [0.2, 0.25) is 0 Å². The van der Waals surface area contributed by atoms with Crippen molar-refractivity contribution in [2.45, 2.75) is 18.9 Å². The molecule has 4 nitrogen and oxygen atoms in total. The Balaban J connectivity index is 2.04. The van der Waals surface area contributed by atoms with Crippen LogP contribution in [0.5, 0.6) is 0 Å². The first-order chi connectivity index (χ1) is 9.47. The molecule has 1 saturated heterocycles. The summed E-state index contributed by atoms with van der Waals surface area (Å²) in [6.45, 7) is 1.92. The maximum absolute atomic E-state index is 13.9. The van der Waals surface area contributed by atoms with Gasteiger partial charge in [-0.1, -0.05) is 0 Å². The number of likely N-dealkylation sites (N-methyl/N-ethyl adjacent to an activating group) is 1. The number of halogens is 1. The van der Waals surface area contributed by atoms with E-state index in [2.05, 4.69) is 10.2 Å². The molecule has 0 aliphatic carbocycles. The van der Waals surface area contributed by atoms with E-state index in [1.165, 1.54) is 6.07 Å². The Bertz CT molecular complexity index is 490. The molecule has 0 spiro atoms. The SMILES string of the molecule is CN1CCCC(NC(=O)c2ccc(N(C)C)c(F)c2)C1. The van der Waals surface area contributed by atoms with Gasteiger partial charge in [0.15, 0.2) is 0 Å². The van der Waals surface area contributed by atoms with Crippen LogP contribution in [-0.2, 0) is 0 Å². The Morgan fingerprint density at radius 2 is 2.20 bits per heavy atom. The molecular weight excluding hydrogens is 257 g/mol. The van der Waals surface area contributed by atoms with Gasteiger partial charge in [0, 0.05) is 32.2 Å². The maximum atomic E-state index is 13.9. The third kappa shape index (κ3) is 3.48. The van der Waals surface area contributed by atoms with Crippen molar-refractivity contribution < 1.29 is 9.18 Å². The average Bonchev–Trinajstić information content (AvgIpc) is 2.38. The third-order valence-electron chi connectivity index (χ3n) is 3.65. The number of nitrogens with zero attached hydrogens (tertiary/aromatic N) is 2. The van der Waals surface area contributed by atoms with Crippen LogP contribution in [0.1, 0.15) is 23.2 Å². The van der Waals surface area contributed by atoms with Crippen LogP contribution in [0.25, 0.3) is 0 Å². The number of benzene rings is 1. The fraction of sp³-hybridized carbons (Fsp3) is 0.533. The molecule has 1 aromatic rings. The summed E-state index contributed by atoms with van der Waals surface area (Å²) in [5.74, 6) is -0.571. The predicted octanol–water partition coefficient (Wildman–Crippen LogP) is 1.72. The molecule has 110 valence electrons. The number of likely N-dealkylation sites (tertiary alicyclic amines) is 1. The lowest BCUT2D eigenvalue weighted by Gasteiger charge is -2.30. The zero-order valence-corrected chi connectivity index (χ0v) is 12.3. The molecule has 1 N–H and O–H groups in total. The van der Waals surface area contributed by atoms with Gasteiger partial charge in [0.05, 0.1) is 5.69 Å². The van der Waals surface area contributed by atoms with Gasteiger partial charge >= 0.3 is 0 Å². The van der Waals surface area contributed by atoms with E-state index in [4.69, 9.17) is 0 Å². The standard InChI is InChI=1S/C15H22FN3O/c1-18(2)14-7-6-11(9-13(14)16)15(20)17-12-5-4-8-19(3)10-12/h6-7,9,12H,4-5,8,10H2,1-3H3,(H,17,20). The molecule has 2 rings (SSSR count). The number of carbonyl (C=O) groups is 1. The first-order valence-electron chi connectivity index (χ1n) is 6.93. The predicted molar refractivity (Wildman–Crippen MR) is 78.7 cm³/mol. The summed E-state index contributed by atoms with van der Waals surface area (Å²) in [7, 11) is 5.59. The molecule has 0 aromatic heterocycles. The monoisotopic (exact) mass is 279 g/mol. The molecule has 0 radical (unpaired) electrons. The molecule has 1 aliphatic heterocycles. The van der Waals surface area contributed by atoms with Crippen LogP contribution in [0.2, 0.25) is 0 Å². The van der Waals surface area contributed by atoms with Crippen molar-refractivity contribution in [3.63, 3.8) is 0 Å². The van der Waals surface area contributed by atoms with Crippen molar-refractivity contribution in [3.8, 4) is 0 Å². The minimum Gasteiger partial charge on any atom is -0.375 e. The first kappa shape index (κ1) is 14.8. The molecule has 1 fully saturated rings. The third-order valence-corrected chi connectivity index (χ3v) is 3.65. The van der Waals surface area contributed by atoms with E-state index in [1.807, 2.05) is 7.05 Å². The van der Waals surface area contributed by atoms with E-state index < -0.39 is 0 Å². The molecule has 5 heteroatoms. The number of rotatable bonds is 3. The summed E-state index contributed by atoms with van der Waals surface area (Å²) in [5.41, 5.74) is 0.861. The smallest absolute Gasteiger partial charge is 0.251 e. The highest BCUT2D eigenvalue weighted by molar-refractivity contribution is 5.94. The fourth-order valence-corrected chi connectivity index (χ4v) is 2.56. The molecular formula is C15H22FN3O. The summed E-state index contributed by atoms with van der Waals surface area (Å²) >= 11 is 0. The summed E-state index contributed by atoms with van der Waals surface area (Å²) < 4.78 is 13.9. The largest absolute Gasteiger partial charge is 0.375 e. The zero-order valence-electron chi connectivity index (χ0n) is 12.3. The molecule has 0 saturated carbocycles. The number of piperidine rings is 1. The number of anilines is 1. The van der Waals surface area contributed by atoms with Crippen LogP contribution in [-0.4, -0.2) is 51.1 Å². The summed E-state index contributed by atoms with van der Waals surface area (Å²) in [6, 6.07) is 4.76. The van der Waals surface area contributed by atoms with E-state index in [9.17, 15) is 9.18 Å². The Kier molecular flexibility index (Phi) is 4.60. The molecule has 1 aliphatic rings. The van der Waals surface area contributed by atoms with Crippen LogP contribution < -0.4 is 10.2 Å². The van der Waals surface area contributed by atoms with Crippen molar-refractivity contribution in [2.24, 2.45) is 0 Å². The van der Waals surface area contributed by atoms with Crippen LogP contribution >= 0.6 is 0 Å². The molecule has 20 heavy (non-hydrogen) atoms. The van der Waals surface area contributed by atoms with Crippen molar-refractivity contribution in [1.29, 1.82) is 0 Å². The van der Waals surface area contributed by atoms with Crippen molar-refractivity contribution >= 4 is 11.6 Å². The van der Waals surface area contributed by atoms with Gasteiger partial charge < -0.3 is 15.1 Å². The van der Waals surface area contributed by atoms with Gasteiger partial charge in [0.1, 0.15) is 5.82 Å². The zero-order chi connectivity index (χ0) is 14.7. The second kappa shape index (κ2) is 6.22. The second-order valence-corrected chi connectivity index (χ2v) is 5.64. The lowest BCUT2D eigenvalue weighted by Crippen LogP contribution is -2.46. The normalized spacial score (nSPS) is 19.7. The summed E-state index contributed by atoms with van der Waals surface area (Å²) in [6.07, 6.45) is 2.06. The minimum atomic E-state index is -0.372. The molecule has 1 amide bonds. The van der Waals surface area contributed by atoms with Crippen LogP contribution in [0.4, 0.5) is 10.1 Å². The van der Waals surface area contributed by atoms with Crippen molar-refractivity contribution in [2.75, 3.05) is 39.1 Å². The summed E-state index contributed by atoms with van der Waals surface area (Å²) in [4.78, 5) is 16.0. The van der Waals surface area contributed by atoms with Gasteiger partial charge in [-0.2, -0.15) is 0 Å². The lowest BCUT2D eigenvalue weighted by atomic mass is 10.1. The van der Waals surface area contributed by atoms with Crippen molar-refractivity contribution in [3.05, 3.63) is 29.6 Å². The Morgan fingerprint density at radius 1 is 1.45 bits per heavy atom. The van der Waals surface area contributed by atoms with Gasteiger partial charge in [-0.25, -0.2) is 4.39 Å². The van der Waals surface area contributed by atoms with E-state index in [-0.39, 0.29) is 17.8 Å². The molecule has 1 aromatic carbocycles. The second-order valence-electron chi connectivity index (χ2n) is 5.64. The molecule has 1 atom stereocenters. The number of hydrogen-bond acceptors (Lipinski definition) is 3. The lowest BCUT2D eigenvalue weighted by molar-refractivity contribution is 0.0912. The minimum absolute atomic E-state index is 0.151. The topological polar surface area (TPSA) is 35.6 Å². The number of carbonyl (C=O) groups excluding carboxylic acids is 1. The molecule has 0 bridgehead atoms. The average molecular weight is 279 g/mol. The highest BCUT2D eigenvalue weighted by Crippen LogP contribution is 2.18. The quantitative estimate of drug-likeness (QED) is 0.915. The van der Waals surface area contributed by atoms with E-state index >= 15 is 0 Å². The maximum Gasteiger partial charge on any atom is 0.251 e. The Hall–Kier alpha value is -1.62. The number of nitrogens with one attached hydrogen (secondary N) is 1. The Labute approximate surface area is 119 Å². The van der Waals surface area contributed by atoms with E-state index in [0.717, 1.165) is 25.9 Å². The summed E-state index contributed by atoms with van der Waals surface area (Å²) in [5, 5.41) is 2.98. The van der Waals surface area contributed by atoms with Crippen molar-refractivity contribution in [1.82, 2.24) is 10.2 Å². The highest BCUT2D eigenvalue weighted by atomic mass is 19.1. The van der Waals surface area contributed by atoms with Crippen LogP contribution in [0, 0.1) is 5.82 Å².